The van der Waals surface area contributed by atoms with E-state index in [1.54, 1.807) is 23.1 Å². The van der Waals surface area contributed by atoms with Gasteiger partial charge in [-0.15, -0.1) is 0 Å². The fourth-order valence-corrected chi connectivity index (χ4v) is 3.47. The molecule has 2 aliphatic heterocycles. The molecule has 0 bridgehead atoms. The van der Waals surface area contributed by atoms with Gasteiger partial charge in [-0.3, -0.25) is 9.59 Å². The maximum absolute atomic E-state index is 13.8. The lowest BCUT2D eigenvalue weighted by atomic mass is 10.1. The summed E-state index contributed by atoms with van der Waals surface area (Å²) in [5.41, 5.74) is 0.496. The van der Waals surface area contributed by atoms with Crippen LogP contribution in [0.2, 0.25) is 0 Å². The van der Waals surface area contributed by atoms with E-state index >= 15 is 0 Å². The van der Waals surface area contributed by atoms with Crippen molar-refractivity contribution in [1.29, 1.82) is 0 Å². The topological polar surface area (TPSA) is 43.9 Å². The van der Waals surface area contributed by atoms with Gasteiger partial charge in [-0.25, -0.2) is 4.39 Å². The van der Waals surface area contributed by atoms with Gasteiger partial charge in [0.05, 0.1) is 5.92 Å². The van der Waals surface area contributed by atoms with Crippen LogP contribution in [0.4, 0.5) is 4.39 Å². The Morgan fingerprint density at radius 1 is 1.21 bits per heavy atom. The van der Waals surface area contributed by atoms with Gasteiger partial charge in [0.25, 0.3) is 0 Å². The molecule has 5 nitrogen and oxygen atoms in total. The summed E-state index contributed by atoms with van der Waals surface area (Å²) >= 11 is 0. The van der Waals surface area contributed by atoms with Crippen molar-refractivity contribution in [3.8, 4) is 0 Å². The first-order chi connectivity index (χ1) is 11.6. The fraction of sp³-hybridized carbons (Fsp3) is 0.556. The molecule has 1 aromatic carbocycles. The minimum Gasteiger partial charge on any atom is -0.340 e. The number of carbonyl (C=O) groups excluding carboxylic acids is 2. The van der Waals surface area contributed by atoms with Gasteiger partial charge in [-0.2, -0.15) is 0 Å². The van der Waals surface area contributed by atoms with E-state index in [4.69, 9.17) is 0 Å². The number of likely N-dealkylation sites (tertiary alicyclic amines) is 1. The Balaban J connectivity index is 1.58. The molecule has 24 heavy (non-hydrogen) atoms. The zero-order chi connectivity index (χ0) is 17.1. The Kier molecular flexibility index (Phi) is 5.14. The number of carbonyl (C=O) groups is 2. The van der Waals surface area contributed by atoms with Crippen molar-refractivity contribution in [3.63, 3.8) is 0 Å². The normalized spacial score (nSPS) is 22.2. The highest BCUT2D eigenvalue weighted by Crippen LogP contribution is 2.23. The quantitative estimate of drug-likeness (QED) is 0.835. The molecule has 0 N–H and O–H groups in total. The molecule has 0 aromatic heterocycles. The predicted octanol–water partition coefficient (Wildman–Crippen LogP) is 1.34. The van der Waals surface area contributed by atoms with Crippen LogP contribution in [-0.2, 0) is 16.1 Å². The number of hydrogen-bond acceptors (Lipinski definition) is 3. The molecule has 130 valence electrons. The van der Waals surface area contributed by atoms with Crippen molar-refractivity contribution in [3.05, 3.63) is 35.6 Å². The van der Waals surface area contributed by atoms with E-state index in [0.29, 0.717) is 12.1 Å². The van der Waals surface area contributed by atoms with E-state index in [9.17, 15) is 14.0 Å². The summed E-state index contributed by atoms with van der Waals surface area (Å²) in [5, 5.41) is 0. The average molecular weight is 333 g/mol. The second kappa shape index (κ2) is 7.30. The Labute approximate surface area is 142 Å². The minimum atomic E-state index is -0.309. The van der Waals surface area contributed by atoms with Gasteiger partial charge in [0.1, 0.15) is 5.82 Å². The maximum atomic E-state index is 13.8. The number of halogens is 1. The number of amides is 2. The van der Waals surface area contributed by atoms with Crippen LogP contribution >= 0.6 is 0 Å². The molecule has 1 atom stereocenters. The molecule has 1 unspecified atom stereocenters. The maximum Gasteiger partial charge on any atom is 0.228 e. The highest BCUT2D eigenvalue weighted by Gasteiger charge is 2.37. The van der Waals surface area contributed by atoms with Gasteiger partial charge in [-0.05, 0) is 12.6 Å². The van der Waals surface area contributed by atoms with Crippen molar-refractivity contribution in [2.75, 3.05) is 39.3 Å². The third-order valence-corrected chi connectivity index (χ3v) is 5.01. The van der Waals surface area contributed by atoms with Crippen molar-refractivity contribution < 1.29 is 14.0 Å². The van der Waals surface area contributed by atoms with Crippen LogP contribution in [0.25, 0.3) is 0 Å². The number of hydrogen-bond donors (Lipinski definition) is 0. The predicted molar refractivity (Wildman–Crippen MR) is 88.6 cm³/mol. The summed E-state index contributed by atoms with van der Waals surface area (Å²) < 4.78 is 13.8. The molecule has 3 rings (SSSR count). The third-order valence-electron chi connectivity index (χ3n) is 5.01. The number of piperazine rings is 1. The first kappa shape index (κ1) is 16.9. The van der Waals surface area contributed by atoms with Crippen LogP contribution in [0.3, 0.4) is 0 Å². The van der Waals surface area contributed by atoms with Gasteiger partial charge in [-0.1, -0.05) is 25.1 Å². The zero-order valence-corrected chi connectivity index (χ0v) is 14.1. The summed E-state index contributed by atoms with van der Waals surface area (Å²) in [5.74, 6) is -0.604. The minimum absolute atomic E-state index is 0.0649. The van der Waals surface area contributed by atoms with Crippen molar-refractivity contribution in [2.45, 2.75) is 19.9 Å². The molecule has 6 heteroatoms. The summed E-state index contributed by atoms with van der Waals surface area (Å²) in [4.78, 5) is 30.7. The number of rotatable bonds is 4. The van der Waals surface area contributed by atoms with Crippen molar-refractivity contribution in [1.82, 2.24) is 14.7 Å². The van der Waals surface area contributed by atoms with Crippen molar-refractivity contribution >= 4 is 11.8 Å². The zero-order valence-electron chi connectivity index (χ0n) is 14.1. The second-order valence-corrected chi connectivity index (χ2v) is 6.53. The van der Waals surface area contributed by atoms with Gasteiger partial charge in [0.15, 0.2) is 0 Å². The second-order valence-electron chi connectivity index (χ2n) is 6.53. The summed E-state index contributed by atoms with van der Waals surface area (Å²) in [6.07, 6.45) is 0.237. The van der Waals surface area contributed by atoms with Gasteiger partial charge < -0.3 is 14.7 Å². The van der Waals surface area contributed by atoms with E-state index in [1.807, 2.05) is 4.90 Å². The molecular formula is C18H24FN3O2. The van der Waals surface area contributed by atoms with E-state index in [0.717, 1.165) is 32.7 Å². The molecule has 2 fully saturated rings. The van der Waals surface area contributed by atoms with Crippen LogP contribution in [0.15, 0.2) is 24.3 Å². The smallest absolute Gasteiger partial charge is 0.228 e. The van der Waals surface area contributed by atoms with Crippen LogP contribution in [0.1, 0.15) is 18.9 Å². The number of nitrogens with zero attached hydrogens (tertiary/aromatic N) is 3. The molecule has 2 amide bonds. The first-order valence-electron chi connectivity index (χ1n) is 8.60. The Bertz CT molecular complexity index is 614. The number of likely N-dealkylation sites (N-methyl/N-ethyl adjacent to an activating group) is 1. The molecule has 0 saturated carbocycles. The van der Waals surface area contributed by atoms with E-state index in [2.05, 4.69) is 11.8 Å². The molecule has 1 aromatic rings. The highest BCUT2D eigenvalue weighted by molar-refractivity contribution is 5.89. The largest absolute Gasteiger partial charge is 0.340 e. The Morgan fingerprint density at radius 3 is 2.58 bits per heavy atom. The van der Waals surface area contributed by atoms with Crippen LogP contribution < -0.4 is 0 Å². The fourth-order valence-electron chi connectivity index (χ4n) is 3.47. The summed E-state index contributed by atoms with van der Waals surface area (Å²) in [6, 6.07) is 6.47. The van der Waals surface area contributed by atoms with Gasteiger partial charge >= 0.3 is 0 Å². The van der Waals surface area contributed by atoms with Crippen molar-refractivity contribution in [2.24, 2.45) is 5.92 Å². The molecule has 2 saturated heterocycles. The van der Waals surface area contributed by atoms with E-state index in [1.165, 1.54) is 6.07 Å². The Hall–Kier alpha value is -1.95. The third kappa shape index (κ3) is 3.59. The van der Waals surface area contributed by atoms with Crippen LogP contribution in [-0.4, -0.2) is 65.8 Å². The molecule has 0 radical (unpaired) electrons. The SMILES string of the molecule is CCN1CCN(C(=O)C2CC(=O)N(Cc3ccccc3F)C2)CC1. The van der Waals surface area contributed by atoms with Gasteiger partial charge in [0.2, 0.25) is 11.8 Å². The van der Waals surface area contributed by atoms with Gasteiger partial charge in [0, 0.05) is 51.3 Å². The van der Waals surface area contributed by atoms with E-state index in [-0.39, 0.29) is 36.5 Å². The molecule has 2 heterocycles. The lowest BCUT2D eigenvalue weighted by molar-refractivity contribution is -0.137. The summed E-state index contributed by atoms with van der Waals surface area (Å²) in [6.45, 7) is 6.98. The average Bonchev–Trinajstić information content (AvgIpc) is 2.97. The Morgan fingerprint density at radius 2 is 1.92 bits per heavy atom. The summed E-state index contributed by atoms with van der Waals surface area (Å²) in [7, 11) is 0. The number of benzene rings is 1. The monoisotopic (exact) mass is 333 g/mol. The lowest BCUT2D eigenvalue weighted by Gasteiger charge is -2.35. The molecule has 0 aliphatic carbocycles. The van der Waals surface area contributed by atoms with E-state index < -0.39 is 0 Å². The molecular weight excluding hydrogens is 309 g/mol. The lowest BCUT2D eigenvalue weighted by Crippen LogP contribution is -2.50. The molecule has 0 spiro atoms. The highest BCUT2D eigenvalue weighted by atomic mass is 19.1. The standard InChI is InChI=1S/C18H24FN3O2/c1-2-20-7-9-21(10-8-20)18(24)15-11-17(23)22(13-15)12-14-5-3-4-6-16(14)19/h3-6,15H,2,7-13H2,1H3. The first-order valence-corrected chi connectivity index (χ1v) is 8.60. The van der Waals surface area contributed by atoms with Crippen LogP contribution in [0, 0.1) is 11.7 Å². The molecule has 2 aliphatic rings. The van der Waals surface area contributed by atoms with Crippen LogP contribution in [0.5, 0.6) is 0 Å².